The van der Waals surface area contributed by atoms with Gasteiger partial charge in [-0.15, -0.1) is 24.9 Å². The summed E-state index contributed by atoms with van der Waals surface area (Å²) in [6, 6.07) is 7.79. The Morgan fingerprint density at radius 2 is 1.97 bits per heavy atom. The number of hydrogen-bond acceptors (Lipinski definition) is 6. The Bertz CT molecular complexity index is 1100. The van der Waals surface area contributed by atoms with Crippen LogP contribution in [0.4, 0.5) is 0 Å². The topological polar surface area (TPSA) is 87.1 Å². The molecule has 7 nitrogen and oxygen atoms in total. The van der Waals surface area contributed by atoms with Gasteiger partial charge in [0.25, 0.3) is 0 Å². The van der Waals surface area contributed by atoms with Crippen LogP contribution >= 0.6 is 11.8 Å². The molecule has 8 heteroatoms. The lowest BCUT2D eigenvalue weighted by molar-refractivity contribution is -0.156. The lowest BCUT2D eigenvalue weighted by Crippen LogP contribution is -2.57. The van der Waals surface area contributed by atoms with Gasteiger partial charge in [-0.05, 0) is 45.1 Å². The van der Waals surface area contributed by atoms with E-state index in [2.05, 4.69) is 20.1 Å². The number of fused-ring (bicyclic) bond motifs is 1. The van der Waals surface area contributed by atoms with Crippen molar-refractivity contribution in [2.45, 2.75) is 80.5 Å². The third kappa shape index (κ3) is 4.95. The number of nitrogens with zero attached hydrogens (tertiary/aromatic N) is 2. The summed E-state index contributed by atoms with van der Waals surface area (Å²) in [5.41, 5.74) is 0.760. The normalized spacial score (nSPS) is 30.5. The van der Waals surface area contributed by atoms with Gasteiger partial charge in [-0.2, -0.15) is 0 Å². The fraction of sp³-hybridized carbons (Fsp3) is 0.581. The van der Waals surface area contributed by atoms with Crippen LogP contribution in [0.15, 0.2) is 55.6 Å². The van der Waals surface area contributed by atoms with Crippen LogP contribution in [0, 0.1) is 11.8 Å². The molecule has 3 heterocycles. The quantitative estimate of drug-likeness (QED) is 0.219. The molecular formula is C31H42N2O5S. The van der Waals surface area contributed by atoms with Crippen molar-refractivity contribution in [3.8, 4) is 0 Å². The Kier molecular flexibility index (Phi) is 8.96. The van der Waals surface area contributed by atoms with Crippen molar-refractivity contribution < 1.29 is 24.2 Å². The summed E-state index contributed by atoms with van der Waals surface area (Å²) in [7, 11) is 0. The van der Waals surface area contributed by atoms with E-state index in [9.17, 15) is 19.5 Å². The number of thioether (sulfide) groups is 1. The summed E-state index contributed by atoms with van der Waals surface area (Å²) in [4.78, 5) is 46.1. The van der Waals surface area contributed by atoms with E-state index in [1.54, 1.807) is 28.8 Å². The van der Waals surface area contributed by atoms with Crippen LogP contribution in [0.3, 0.4) is 0 Å². The monoisotopic (exact) mass is 554 g/mol. The zero-order chi connectivity index (χ0) is 28.4. The second-order valence-electron chi connectivity index (χ2n) is 11.2. The summed E-state index contributed by atoms with van der Waals surface area (Å²) in [5, 5.41) is 10.6. The molecule has 3 fully saturated rings. The van der Waals surface area contributed by atoms with Crippen LogP contribution in [0.5, 0.6) is 0 Å². The van der Waals surface area contributed by atoms with E-state index in [1.807, 2.05) is 49.1 Å². The van der Waals surface area contributed by atoms with Gasteiger partial charge in [0.05, 0.1) is 35.8 Å². The molecule has 1 N–H and O–H groups in total. The molecule has 7 atom stereocenters. The molecule has 3 aliphatic heterocycles. The largest absolute Gasteiger partial charge is 0.465 e. The summed E-state index contributed by atoms with van der Waals surface area (Å²) >= 11 is 1.62. The first-order valence-electron chi connectivity index (χ1n) is 14.1. The molecule has 2 amide bonds. The van der Waals surface area contributed by atoms with E-state index in [-0.39, 0.29) is 37.0 Å². The van der Waals surface area contributed by atoms with Gasteiger partial charge in [0.15, 0.2) is 0 Å². The molecule has 3 saturated heterocycles. The van der Waals surface area contributed by atoms with Crippen molar-refractivity contribution in [1.82, 2.24) is 9.80 Å². The Balaban J connectivity index is 1.83. The molecule has 0 aliphatic carbocycles. The van der Waals surface area contributed by atoms with Gasteiger partial charge in [-0.1, -0.05) is 55.8 Å². The minimum Gasteiger partial charge on any atom is -0.465 e. The minimum atomic E-state index is -0.815. The number of esters is 1. The van der Waals surface area contributed by atoms with Gasteiger partial charge < -0.3 is 19.6 Å². The van der Waals surface area contributed by atoms with Crippen molar-refractivity contribution in [2.75, 3.05) is 19.8 Å². The smallest absolute Gasteiger partial charge is 0.311 e. The summed E-state index contributed by atoms with van der Waals surface area (Å²) in [6.07, 6.45) is 7.04. The number of ether oxygens (including phenoxy) is 1. The molecule has 3 aliphatic rings. The van der Waals surface area contributed by atoms with Gasteiger partial charge in [0, 0.05) is 17.3 Å². The standard InChI is InChI=1S/C31H42N2O5S/c1-6-9-19-38-29(37)25-24-27(35)33(23(20-34)22-14-11-10-12-15-22)26(31(24)17-16-30(25,5)39-31)28(36)32(18-8-3)21(4)13-7-2/h6,8,10-12,14-15,21,23-26,34H,1,3,7,9,13,16-20H2,2,4-5H3/t21?,23-,24+,25-,26?,30+,31?/m1/s1. The van der Waals surface area contributed by atoms with Gasteiger partial charge in [0.2, 0.25) is 11.8 Å². The first-order chi connectivity index (χ1) is 18.7. The van der Waals surface area contributed by atoms with Crippen molar-refractivity contribution in [3.05, 3.63) is 61.2 Å². The zero-order valence-electron chi connectivity index (χ0n) is 23.4. The van der Waals surface area contributed by atoms with Crippen LogP contribution in [0.2, 0.25) is 0 Å². The van der Waals surface area contributed by atoms with E-state index < -0.39 is 33.4 Å². The number of aliphatic hydroxyl groups is 1. The zero-order valence-corrected chi connectivity index (χ0v) is 24.2. The number of carbonyl (C=O) groups is 3. The Labute approximate surface area is 236 Å². The van der Waals surface area contributed by atoms with Crippen LogP contribution in [0.1, 0.15) is 64.5 Å². The maximum absolute atomic E-state index is 14.6. The fourth-order valence-electron chi connectivity index (χ4n) is 7.06. The first-order valence-corrected chi connectivity index (χ1v) is 14.9. The first kappa shape index (κ1) is 29.4. The molecule has 1 aromatic rings. The predicted octanol–water partition coefficient (Wildman–Crippen LogP) is 4.52. The van der Waals surface area contributed by atoms with Gasteiger partial charge in [-0.3, -0.25) is 14.4 Å². The van der Waals surface area contributed by atoms with Crippen molar-refractivity contribution in [2.24, 2.45) is 11.8 Å². The molecule has 4 rings (SSSR count). The number of amides is 2. The van der Waals surface area contributed by atoms with E-state index >= 15 is 0 Å². The average molecular weight is 555 g/mol. The Morgan fingerprint density at radius 3 is 2.59 bits per heavy atom. The van der Waals surface area contributed by atoms with Crippen molar-refractivity contribution in [3.63, 3.8) is 0 Å². The van der Waals surface area contributed by atoms with Gasteiger partial charge in [0.1, 0.15) is 6.04 Å². The molecule has 1 aromatic carbocycles. The highest BCUT2D eigenvalue weighted by Crippen LogP contribution is 2.72. The van der Waals surface area contributed by atoms with E-state index in [0.29, 0.717) is 25.8 Å². The van der Waals surface area contributed by atoms with E-state index in [4.69, 9.17) is 4.74 Å². The molecular weight excluding hydrogens is 512 g/mol. The van der Waals surface area contributed by atoms with Crippen LogP contribution in [-0.4, -0.2) is 74.0 Å². The van der Waals surface area contributed by atoms with Crippen molar-refractivity contribution in [1.29, 1.82) is 0 Å². The highest BCUT2D eigenvalue weighted by atomic mass is 32.2. The number of likely N-dealkylation sites (tertiary alicyclic amines) is 1. The third-order valence-corrected chi connectivity index (χ3v) is 10.8. The number of aliphatic hydroxyl groups excluding tert-OH is 1. The Hall–Kier alpha value is -2.58. The number of benzene rings is 1. The molecule has 0 aromatic heterocycles. The molecule has 1 spiro atoms. The SMILES string of the molecule is C=CCCOC(=O)[C@H]1[C@H]2C(=O)N([C@H](CO)c3ccccc3)C(C(=O)N(CC=C)C(C)CCC)C23CC[C@]1(C)S3. The summed E-state index contributed by atoms with van der Waals surface area (Å²) in [5.74, 6) is -2.14. The summed E-state index contributed by atoms with van der Waals surface area (Å²) in [6.45, 7) is 14.0. The van der Waals surface area contributed by atoms with E-state index in [0.717, 1.165) is 18.4 Å². The molecule has 39 heavy (non-hydrogen) atoms. The second-order valence-corrected chi connectivity index (χ2v) is 13.1. The highest BCUT2D eigenvalue weighted by Gasteiger charge is 2.78. The van der Waals surface area contributed by atoms with Crippen molar-refractivity contribution >= 4 is 29.5 Å². The maximum atomic E-state index is 14.6. The average Bonchev–Trinajstić information content (AvgIpc) is 3.49. The van der Waals surface area contributed by atoms with Crippen LogP contribution < -0.4 is 0 Å². The number of carbonyl (C=O) groups excluding carboxylic acids is 3. The van der Waals surface area contributed by atoms with Crippen LogP contribution in [0.25, 0.3) is 0 Å². The number of hydrogen-bond donors (Lipinski definition) is 1. The summed E-state index contributed by atoms with van der Waals surface area (Å²) < 4.78 is 4.36. The fourth-order valence-corrected chi connectivity index (χ4v) is 9.38. The second kappa shape index (κ2) is 11.9. The third-order valence-electron chi connectivity index (χ3n) is 8.81. The highest BCUT2D eigenvalue weighted by molar-refractivity contribution is 8.02. The van der Waals surface area contributed by atoms with Crippen LogP contribution in [-0.2, 0) is 19.1 Å². The van der Waals surface area contributed by atoms with Gasteiger partial charge in [-0.25, -0.2) is 0 Å². The maximum Gasteiger partial charge on any atom is 0.311 e. The molecule has 0 radical (unpaired) electrons. The minimum absolute atomic E-state index is 0.0453. The predicted molar refractivity (Wildman–Crippen MR) is 154 cm³/mol. The lowest BCUT2D eigenvalue weighted by Gasteiger charge is -2.41. The Morgan fingerprint density at radius 1 is 1.26 bits per heavy atom. The molecule has 3 unspecified atom stereocenters. The lowest BCUT2D eigenvalue weighted by atomic mass is 9.66. The molecule has 0 saturated carbocycles. The number of rotatable bonds is 13. The molecule has 2 bridgehead atoms. The van der Waals surface area contributed by atoms with Gasteiger partial charge >= 0.3 is 5.97 Å². The van der Waals surface area contributed by atoms with E-state index in [1.165, 1.54) is 0 Å². The molecule has 212 valence electrons.